The molecule has 3 aromatic carbocycles. The van der Waals surface area contributed by atoms with Gasteiger partial charge < -0.3 is 0 Å². The Morgan fingerprint density at radius 2 is 1.66 bits per heavy atom. The maximum Gasteiger partial charge on any atom is 0.273 e. The number of rotatable bonds is 4. The molecule has 1 atom stereocenters. The van der Waals surface area contributed by atoms with Crippen molar-refractivity contribution in [2.24, 2.45) is 5.41 Å². The molecule has 3 aliphatic carbocycles. The highest BCUT2D eigenvalue weighted by atomic mass is 19.1. The molecule has 7 rings (SSSR count). The summed E-state index contributed by atoms with van der Waals surface area (Å²) >= 11 is 0. The molecule has 174 valence electrons. The minimum atomic E-state index is -1.55. The minimum Gasteiger partial charge on any atom is -0.293 e. The molecule has 0 spiro atoms. The molecule has 0 saturated heterocycles. The van der Waals surface area contributed by atoms with Crippen LogP contribution < -0.4 is 5.32 Å². The van der Waals surface area contributed by atoms with Gasteiger partial charge in [0.2, 0.25) is 11.9 Å². The molecule has 8 nitrogen and oxygen atoms in total. The number of benzene rings is 3. The summed E-state index contributed by atoms with van der Waals surface area (Å²) in [6.45, 7) is 1.75. The summed E-state index contributed by atoms with van der Waals surface area (Å²) in [7, 11) is 0. The first-order valence-electron chi connectivity index (χ1n) is 11.2. The molecule has 0 radical (unpaired) electrons. The van der Waals surface area contributed by atoms with Crippen LogP contribution in [0.15, 0.2) is 72.8 Å². The number of H-pyrrole nitrogens is 1. The van der Waals surface area contributed by atoms with Gasteiger partial charge in [0.15, 0.2) is 5.82 Å². The Hall–Kier alpha value is -4.40. The van der Waals surface area contributed by atoms with E-state index in [9.17, 15) is 19.3 Å². The summed E-state index contributed by atoms with van der Waals surface area (Å²) in [6.07, 6.45) is -0.0118. The molecule has 1 amide bonds. The third kappa shape index (κ3) is 2.81. The number of nitrogens with zero attached hydrogens (tertiary/aromatic N) is 3. The van der Waals surface area contributed by atoms with Gasteiger partial charge in [-0.25, -0.2) is 4.39 Å². The average Bonchev–Trinajstić information content (AvgIpc) is 3.32. The van der Waals surface area contributed by atoms with Crippen LogP contribution in [0.4, 0.5) is 10.3 Å². The zero-order chi connectivity index (χ0) is 24.4. The van der Waals surface area contributed by atoms with Crippen LogP contribution in [0.25, 0.3) is 11.4 Å². The second-order valence-corrected chi connectivity index (χ2v) is 9.26. The van der Waals surface area contributed by atoms with Crippen molar-refractivity contribution in [2.45, 2.75) is 24.8 Å². The lowest BCUT2D eigenvalue weighted by Crippen LogP contribution is -2.57. The number of anilines is 1. The maximum atomic E-state index is 14.2. The molecule has 0 fully saturated rings. The van der Waals surface area contributed by atoms with Crippen molar-refractivity contribution in [3.8, 4) is 11.4 Å². The average molecular weight is 469 g/mol. The molecule has 9 heteroatoms. The molecular formula is C26H20FN5O3. The number of fused-ring (bicyclic) bond motifs is 1. The van der Waals surface area contributed by atoms with Crippen molar-refractivity contribution in [3.05, 3.63) is 111 Å². The number of carbonyl (C=O) groups excluding carboxylic acids is 1. The van der Waals surface area contributed by atoms with Crippen LogP contribution in [-0.2, 0) is 10.3 Å². The SMILES string of the molecule is CC1(C(=O)Nc2n[nH]c(-c3ccccc3F)n2)CC2([N+](=O)[O-])c3ccccc3C1c1ccccc12. The first kappa shape index (κ1) is 21.2. The summed E-state index contributed by atoms with van der Waals surface area (Å²) in [5, 5.41) is 22.1. The minimum absolute atomic E-state index is 0.0118. The molecule has 1 heterocycles. The zero-order valence-corrected chi connectivity index (χ0v) is 18.7. The largest absolute Gasteiger partial charge is 0.293 e. The van der Waals surface area contributed by atoms with E-state index in [4.69, 9.17) is 0 Å². The zero-order valence-electron chi connectivity index (χ0n) is 18.7. The summed E-state index contributed by atoms with van der Waals surface area (Å²) in [6, 6.07) is 20.7. The number of aromatic nitrogens is 3. The fraction of sp³-hybridized carbons (Fsp3) is 0.192. The van der Waals surface area contributed by atoms with E-state index in [0.717, 1.165) is 11.1 Å². The molecule has 1 aromatic heterocycles. The lowest BCUT2D eigenvalue weighted by Gasteiger charge is -2.52. The Balaban J connectivity index is 1.43. The Kier molecular flexibility index (Phi) is 4.41. The fourth-order valence-corrected chi connectivity index (χ4v) is 5.88. The predicted molar refractivity (Wildman–Crippen MR) is 126 cm³/mol. The second-order valence-electron chi connectivity index (χ2n) is 9.26. The number of hydrogen-bond acceptors (Lipinski definition) is 5. The van der Waals surface area contributed by atoms with Crippen LogP contribution in [0.5, 0.6) is 0 Å². The quantitative estimate of drug-likeness (QED) is 0.334. The summed E-state index contributed by atoms with van der Waals surface area (Å²) in [4.78, 5) is 30.5. The van der Waals surface area contributed by atoms with Gasteiger partial charge in [0.05, 0.1) is 11.0 Å². The second kappa shape index (κ2) is 7.30. The highest BCUT2D eigenvalue weighted by molar-refractivity contribution is 5.96. The Morgan fingerprint density at radius 1 is 1.06 bits per heavy atom. The van der Waals surface area contributed by atoms with Crippen molar-refractivity contribution >= 4 is 11.9 Å². The number of carbonyl (C=O) groups is 1. The lowest BCUT2D eigenvalue weighted by atomic mass is 9.49. The van der Waals surface area contributed by atoms with Gasteiger partial charge >= 0.3 is 0 Å². The topological polar surface area (TPSA) is 114 Å². The van der Waals surface area contributed by atoms with E-state index in [2.05, 4.69) is 20.5 Å². The molecule has 0 aliphatic heterocycles. The first-order chi connectivity index (χ1) is 16.9. The highest BCUT2D eigenvalue weighted by Gasteiger charge is 2.67. The van der Waals surface area contributed by atoms with Crippen LogP contribution in [-0.4, -0.2) is 26.0 Å². The third-order valence-electron chi connectivity index (χ3n) is 7.37. The fourth-order valence-electron chi connectivity index (χ4n) is 5.88. The Bertz CT molecular complexity index is 1470. The molecule has 35 heavy (non-hydrogen) atoms. The summed E-state index contributed by atoms with van der Waals surface area (Å²) in [5.41, 5.74) is 0.304. The number of halogens is 1. The van der Waals surface area contributed by atoms with E-state index in [1.165, 1.54) is 6.07 Å². The first-order valence-corrected chi connectivity index (χ1v) is 11.2. The van der Waals surface area contributed by atoms with Crippen LogP contribution >= 0.6 is 0 Å². The van der Waals surface area contributed by atoms with E-state index >= 15 is 0 Å². The van der Waals surface area contributed by atoms with Crippen LogP contribution in [0, 0.1) is 21.3 Å². The molecule has 0 saturated carbocycles. The Labute approximate surface area is 199 Å². The van der Waals surface area contributed by atoms with Crippen molar-refractivity contribution in [2.75, 3.05) is 5.32 Å². The molecular weight excluding hydrogens is 449 g/mol. The smallest absolute Gasteiger partial charge is 0.273 e. The number of hydrogen-bond donors (Lipinski definition) is 2. The van der Waals surface area contributed by atoms with E-state index < -0.39 is 22.7 Å². The van der Waals surface area contributed by atoms with E-state index in [0.29, 0.717) is 11.1 Å². The van der Waals surface area contributed by atoms with Gasteiger partial charge in [-0.05, 0) is 30.2 Å². The molecule has 2 bridgehead atoms. The predicted octanol–water partition coefficient (Wildman–Crippen LogP) is 4.63. The van der Waals surface area contributed by atoms with Crippen LogP contribution in [0.3, 0.4) is 0 Å². The standard InChI is InChI=1S/C26H20FN5O3/c1-25(23(33)29-24-28-22(30-31-24)17-10-4-7-13-20(17)27)14-26(32(34)35)18-11-5-2-8-15(18)21(25)16-9-3-6-12-19(16)26/h2-13,21H,14H2,1H3,(H2,28,29,30,31,33). The van der Waals surface area contributed by atoms with E-state index in [-0.39, 0.29) is 34.6 Å². The van der Waals surface area contributed by atoms with Gasteiger partial charge in [-0.15, -0.1) is 5.10 Å². The van der Waals surface area contributed by atoms with Crippen LogP contribution in [0.1, 0.15) is 41.5 Å². The monoisotopic (exact) mass is 469 g/mol. The molecule has 1 unspecified atom stereocenters. The molecule has 3 aliphatic rings. The van der Waals surface area contributed by atoms with Crippen molar-refractivity contribution < 1.29 is 14.1 Å². The van der Waals surface area contributed by atoms with Crippen molar-refractivity contribution in [3.63, 3.8) is 0 Å². The molecule has 4 aromatic rings. The maximum absolute atomic E-state index is 14.2. The summed E-state index contributed by atoms with van der Waals surface area (Å²) < 4.78 is 14.2. The lowest BCUT2D eigenvalue weighted by molar-refractivity contribution is -0.573. The number of amides is 1. The summed E-state index contributed by atoms with van der Waals surface area (Å²) in [5.74, 6) is -1.14. The van der Waals surface area contributed by atoms with Gasteiger partial charge in [-0.1, -0.05) is 60.7 Å². The van der Waals surface area contributed by atoms with E-state index in [1.54, 1.807) is 49.4 Å². The number of aromatic amines is 1. The highest BCUT2D eigenvalue weighted by Crippen LogP contribution is 2.63. The van der Waals surface area contributed by atoms with Gasteiger partial charge in [-0.3, -0.25) is 25.3 Å². The Morgan fingerprint density at radius 3 is 2.29 bits per heavy atom. The third-order valence-corrected chi connectivity index (χ3v) is 7.37. The van der Waals surface area contributed by atoms with Crippen molar-refractivity contribution in [1.82, 2.24) is 15.2 Å². The van der Waals surface area contributed by atoms with Gasteiger partial charge in [0.25, 0.3) is 5.54 Å². The normalized spacial score (nSPS) is 23.9. The van der Waals surface area contributed by atoms with E-state index in [1.807, 2.05) is 24.3 Å². The number of nitrogens with one attached hydrogen (secondary N) is 2. The van der Waals surface area contributed by atoms with Crippen LogP contribution in [0.2, 0.25) is 0 Å². The molecule has 2 N–H and O–H groups in total. The van der Waals surface area contributed by atoms with Gasteiger partial charge in [0.1, 0.15) is 5.82 Å². The number of nitro groups is 1. The van der Waals surface area contributed by atoms with Crippen molar-refractivity contribution in [1.29, 1.82) is 0 Å². The van der Waals surface area contributed by atoms with Gasteiger partial charge in [0, 0.05) is 28.4 Å². The van der Waals surface area contributed by atoms with Gasteiger partial charge in [-0.2, -0.15) is 4.98 Å².